The van der Waals surface area contributed by atoms with Gasteiger partial charge in [0.2, 0.25) is 0 Å². The molecule has 4 aliphatic carbocycles. The molecule has 0 bridgehead atoms. The lowest BCUT2D eigenvalue weighted by Gasteiger charge is -2.60. The minimum Gasteiger partial charge on any atom is -0.389 e. The minimum absolute atomic E-state index is 0.00730. The van der Waals surface area contributed by atoms with Crippen molar-refractivity contribution in [2.75, 3.05) is 13.7 Å². The van der Waals surface area contributed by atoms with Crippen LogP contribution in [0.4, 0.5) is 0 Å². The van der Waals surface area contributed by atoms with Crippen LogP contribution in [-0.2, 0) is 14.3 Å². The van der Waals surface area contributed by atoms with Gasteiger partial charge >= 0.3 is 0 Å². The van der Waals surface area contributed by atoms with E-state index in [4.69, 9.17) is 4.74 Å². The van der Waals surface area contributed by atoms with Crippen molar-refractivity contribution in [3.8, 4) is 0 Å². The third kappa shape index (κ3) is 3.27. The number of rotatable bonds is 3. The van der Waals surface area contributed by atoms with Gasteiger partial charge in [0.15, 0.2) is 11.6 Å². The average Bonchev–Trinajstić information content (AvgIpc) is 3.06. The summed E-state index contributed by atoms with van der Waals surface area (Å²) in [4.78, 5) is 24.5. The number of aliphatic hydroxyl groups excluding tert-OH is 1. The van der Waals surface area contributed by atoms with Gasteiger partial charge in [-0.2, -0.15) is 0 Å². The molecule has 3 fully saturated rings. The second-order valence-corrected chi connectivity index (χ2v) is 9.79. The number of carbonyl (C=O) groups excluding carboxylic acids is 2. The maximum absolute atomic E-state index is 12.5. The second-order valence-electron chi connectivity index (χ2n) is 9.79. The van der Waals surface area contributed by atoms with E-state index >= 15 is 0 Å². The predicted octanol–water partition coefficient (Wildman–Crippen LogP) is 4.37. The quantitative estimate of drug-likeness (QED) is 0.761. The van der Waals surface area contributed by atoms with Crippen LogP contribution in [0.5, 0.6) is 0 Å². The normalized spacial score (nSPS) is 45.3. The zero-order valence-corrected chi connectivity index (χ0v) is 18.9. The van der Waals surface area contributed by atoms with Crippen LogP contribution in [0.3, 0.4) is 0 Å². The molecule has 0 aromatic heterocycles. The Morgan fingerprint density at radius 1 is 1.28 bits per heavy atom. The summed E-state index contributed by atoms with van der Waals surface area (Å²) in [6, 6.07) is 0. The molecule has 4 aliphatic rings. The number of Topliss-reactive ketones (excluding diaryl/α,β-unsaturated/α-hetero) is 1. The fraction of sp³-hybridized carbons (Fsp3) is 0.760. The molecule has 4 heteroatoms. The number of carbonyl (C=O) groups is 2. The molecule has 0 radical (unpaired) electrons. The van der Waals surface area contributed by atoms with Gasteiger partial charge in [-0.05, 0) is 61.0 Å². The van der Waals surface area contributed by atoms with Gasteiger partial charge in [0.05, 0.1) is 6.10 Å². The van der Waals surface area contributed by atoms with Crippen molar-refractivity contribution >= 4 is 11.6 Å². The van der Waals surface area contributed by atoms with Gasteiger partial charge in [-0.3, -0.25) is 9.59 Å². The first kappa shape index (κ1) is 22.4. The Morgan fingerprint density at radius 2 is 1.97 bits per heavy atom. The van der Waals surface area contributed by atoms with Crippen LogP contribution in [-0.4, -0.2) is 36.5 Å². The molecule has 0 spiro atoms. The Balaban J connectivity index is 0.00000117. The first-order valence-corrected chi connectivity index (χ1v) is 11.4. The summed E-state index contributed by atoms with van der Waals surface area (Å²) in [6.45, 7) is 10.4. The number of methoxy groups -OCH3 is 1. The number of fused-ring (bicyclic) bond motifs is 5. The number of aliphatic hydroxyl groups is 1. The van der Waals surface area contributed by atoms with Gasteiger partial charge in [0.1, 0.15) is 6.61 Å². The van der Waals surface area contributed by atoms with E-state index in [1.807, 2.05) is 19.9 Å². The maximum Gasteiger partial charge on any atom is 0.178 e. The van der Waals surface area contributed by atoms with Crippen LogP contribution in [0.2, 0.25) is 0 Å². The SMILES string of the molecule is CC.COC1CC2(C)C(C(=O)CO)CCC2C2C[C@H](C)C3=CC(=O)C=CC3(C)[C@@H]12. The summed E-state index contributed by atoms with van der Waals surface area (Å²) in [5, 5.41) is 9.49. The van der Waals surface area contributed by atoms with Crippen molar-refractivity contribution in [2.24, 2.45) is 40.4 Å². The Hall–Kier alpha value is -1.26. The molecule has 162 valence electrons. The highest BCUT2D eigenvalue weighted by Gasteiger charge is 2.63. The molecule has 4 nitrogen and oxygen atoms in total. The topological polar surface area (TPSA) is 63.6 Å². The smallest absolute Gasteiger partial charge is 0.178 e. The third-order valence-electron chi connectivity index (χ3n) is 8.64. The minimum atomic E-state index is -0.357. The van der Waals surface area contributed by atoms with Gasteiger partial charge < -0.3 is 9.84 Å². The number of ketones is 2. The highest BCUT2D eigenvalue weighted by molar-refractivity contribution is 6.01. The summed E-state index contributed by atoms with van der Waals surface area (Å²) in [5.41, 5.74) is 0.993. The van der Waals surface area contributed by atoms with Crippen LogP contribution >= 0.6 is 0 Å². The molecule has 0 saturated heterocycles. The van der Waals surface area contributed by atoms with Crippen molar-refractivity contribution < 1.29 is 19.4 Å². The molecule has 0 aromatic carbocycles. The molecule has 6 unspecified atom stereocenters. The molecular formula is C25H38O4. The molecule has 29 heavy (non-hydrogen) atoms. The molecule has 0 aromatic rings. The average molecular weight is 403 g/mol. The standard InChI is InChI=1S/C23H32O4.C2H6/c1-13-9-15-16-5-6-17(19(26)12-24)23(16,3)11-20(27-4)21(15)22(2)8-7-14(25)10-18(13)22;1-2/h7-8,10,13,15-17,20-21,24H,5-6,9,11-12H2,1-4H3;1-2H3/t13-,15?,16?,17?,20?,21+,22?,23?;/m0./s1. The van der Waals surface area contributed by atoms with Gasteiger partial charge in [-0.1, -0.05) is 46.3 Å². The van der Waals surface area contributed by atoms with Gasteiger partial charge in [0, 0.05) is 24.4 Å². The van der Waals surface area contributed by atoms with E-state index in [1.54, 1.807) is 13.2 Å². The number of ether oxygens (including phenoxy) is 1. The summed E-state index contributed by atoms with van der Waals surface area (Å²) in [6.07, 6.45) is 9.59. The van der Waals surface area contributed by atoms with Crippen LogP contribution in [0, 0.1) is 40.4 Å². The highest BCUT2D eigenvalue weighted by atomic mass is 16.5. The summed E-state index contributed by atoms with van der Waals surface area (Å²) >= 11 is 0. The van der Waals surface area contributed by atoms with E-state index in [-0.39, 0.29) is 41.0 Å². The van der Waals surface area contributed by atoms with Crippen molar-refractivity contribution in [2.45, 2.75) is 66.4 Å². The Labute approximate surface area is 175 Å². The fourth-order valence-corrected chi connectivity index (χ4v) is 7.58. The molecule has 3 saturated carbocycles. The molecular weight excluding hydrogens is 364 g/mol. The van der Waals surface area contributed by atoms with Crippen LogP contribution in [0.25, 0.3) is 0 Å². The summed E-state index contributed by atoms with van der Waals surface area (Å²) in [7, 11) is 1.78. The zero-order valence-electron chi connectivity index (χ0n) is 18.9. The summed E-state index contributed by atoms with van der Waals surface area (Å²) < 4.78 is 6.05. The number of hydrogen-bond donors (Lipinski definition) is 1. The molecule has 0 amide bonds. The van der Waals surface area contributed by atoms with E-state index in [2.05, 4.69) is 26.8 Å². The molecule has 0 aliphatic heterocycles. The maximum atomic E-state index is 12.5. The third-order valence-corrected chi connectivity index (χ3v) is 8.64. The second kappa shape index (κ2) is 8.11. The lowest BCUT2D eigenvalue weighted by atomic mass is 9.45. The van der Waals surface area contributed by atoms with Crippen molar-refractivity contribution in [1.82, 2.24) is 0 Å². The van der Waals surface area contributed by atoms with Crippen molar-refractivity contribution in [1.29, 1.82) is 0 Å². The van der Waals surface area contributed by atoms with Gasteiger partial charge in [-0.25, -0.2) is 0 Å². The summed E-state index contributed by atoms with van der Waals surface area (Å²) in [5.74, 6) is 1.66. The monoisotopic (exact) mass is 402 g/mol. The van der Waals surface area contributed by atoms with Crippen LogP contribution in [0.15, 0.2) is 23.8 Å². The largest absolute Gasteiger partial charge is 0.389 e. The number of allylic oxidation sites excluding steroid dienone is 4. The van der Waals surface area contributed by atoms with E-state index in [9.17, 15) is 14.7 Å². The molecule has 1 N–H and O–H groups in total. The van der Waals surface area contributed by atoms with Gasteiger partial charge in [-0.15, -0.1) is 0 Å². The van der Waals surface area contributed by atoms with E-state index in [0.717, 1.165) is 25.7 Å². The van der Waals surface area contributed by atoms with Crippen molar-refractivity contribution in [3.63, 3.8) is 0 Å². The van der Waals surface area contributed by atoms with Crippen LogP contribution in [0.1, 0.15) is 60.3 Å². The van der Waals surface area contributed by atoms with Crippen molar-refractivity contribution in [3.05, 3.63) is 23.8 Å². The lowest BCUT2D eigenvalue weighted by Crippen LogP contribution is -2.58. The number of hydrogen-bond acceptors (Lipinski definition) is 4. The highest BCUT2D eigenvalue weighted by Crippen LogP contribution is 2.67. The fourth-order valence-electron chi connectivity index (χ4n) is 7.58. The Morgan fingerprint density at radius 3 is 2.59 bits per heavy atom. The molecule has 4 rings (SSSR count). The first-order chi connectivity index (χ1) is 13.8. The molecule has 8 atom stereocenters. The van der Waals surface area contributed by atoms with Crippen LogP contribution < -0.4 is 0 Å². The lowest BCUT2D eigenvalue weighted by molar-refractivity contribution is -0.148. The first-order valence-electron chi connectivity index (χ1n) is 11.4. The van der Waals surface area contributed by atoms with E-state index < -0.39 is 0 Å². The Kier molecular flexibility index (Phi) is 6.27. The van der Waals surface area contributed by atoms with E-state index in [0.29, 0.717) is 23.7 Å². The zero-order chi connectivity index (χ0) is 21.6. The van der Waals surface area contributed by atoms with Gasteiger partial charge in [0.25, 0.3) is 0 Å². The Bertz CT molecular complexity index is 722. The molecule has 0 heterocycles. The van der Waals surface area contributed by atoms with E-state index in [1.165, 1.54) is 5.57 Å². The predicted molar refractivity (Wildman–Crippen MR) is 114 cm³/mol.